The van der Waals surface area contributed by atoms with Gasteiger partial charge < -0.3 is 19.5 Å². The van der Waals surface area contributed by atoms with Gasteiger partial charge in [-0.2, -0.15) is 4.98 Å². The van der Waals surface area contributed by atoms with E-state index in [1.54, 1.807) is 6.07 Å². The predicted octanol–water partition coefficient (Wildman–Crippen LogP) is 4.46. The van der Waals surface area contributed by atoms with Gasteiger partial charge in [0, 0.05) is 23.1 Å². The first kappa shape index (κ1) is 20.3. The number of rotatable bonds is 6. The van der Waals surface area contributed by atoms with Gasteiger partial charge in [-0.1, -0.05) is 43.3 Å². The molecule has 0 aliphatic carbocycles. The first-order valence-electron chi connectivity index (χ1n) is 10.1. The van der Waals surface area contributed by atoms with E-state index in [1.165, 1.54) is 17.8 Å². The molecule has 1 aromatic heterocycles. The summed E-state index contributed by atoms with van der Waals surface area (Å²) in [4.78, 5) is 16.3. The van der Waals surface area contributed by atoms with E-state index < -0.39 is 6.23 Å². The van der Waals surface area contributed by atoms with Crippen LogP contribution >= 0.6 is 11.8 Å². The van der Waals surface area contributed by atoms with Crippen LogP contribution in [0.15, 0.2) is 41.6 Å². The zero-order valence-electron chi connectivity index (χ0n) is 17.1. The Balaban J connectivity index is 1.60. The fourth-order valence-electron chi connectivity index (χ4n) is 3.48. The minimum atomic E-state index is -0.865. The molecule has 1 unspecified atom stereocenters. The lowest BCUT2D eigenvalue weighted by Crippen LogP contribution is -2.19. The number of anilines is 1. The van der Waals surface area contributed by atoms with Crippen molar-refractivity contribution in [3.05, 3.63) is 46.9 Å². The maximum absolute atomic E-state index is 11.9. The van der Waals surface area contributed by atoms with Crippen molar-refractivity contribution in [1.29, 1.82) is 0 Å². The lowest BCUT2D eigenvalue weighted by molar-refractivity contribution is -0.730. The second-order valence-corrected chi connectivity index (χ2v) is 8.24. The van der Waals surface area contributed by atoms with Crippen LogP contribution in [0, 0.1) is 4.91 Å². The number of thioether (sulfide) groups is 1. The molecular weight excluding hydrogens is 434 g/mol. The summed E-state index contributed by atoms with van der Waals surface area (Å²) in [5, 5.41) is 22.2. The van der Waals surface area contributed by atoms with Crippen LogP contribution in [0.3, 0.4) is 0 Å². The normalized spacial score (nSPS) is 15.7. The molecule has 0 bridgehead atoms. The predicted molar refractivity (Wildman–Crippen MR) is 116 cm³/mol. The molecule has 0 saturated carbocycles. The number of benzene rings is 2. The van der Waals surface area contributed by atoms with Crippen LogP contribution in [0.2, 0.25) is 0 Å². The van der Waals surface area contributed by atoms with Crippen LogP contribution in [0.25, 0.3) is 11.3 Å². The van der Waals surface area contributed by atoms with E-state index in [-0.39, 0.29) is 23.3 Å². The second-order valence-electron chi connectivity index (χ2n) is 7.18. The summed E-state index contributed by atoms with van der Waals surface area (Å²) in [5.74, 6) is 1.97. The van der Waals surface area contributed by atoms with Crippen molar-refractivity contribution in [2.45, 2.75) is 31.1 Å². The molecule has 10 nitrogen and oxygen atoms in total. The topological polar surface area (TPSA) is 119 Å². The molecule has 2 aromatic carbocycles. The summed E-state index contributed by atoms with van der Waals surface area (Å²) < 4.78 is 17.0. The van der Waals surface area contributed by atoms with Gasteiger partial charge >= 0.3 is 5.69 Å². The fourth-order valence-corrected chi connectivity index (χ4v) is 4.34. The van der Waals surface area contributed by atoms with Crippen LogP contribution in [-0.4, -0.2) is 37.9 Å². The van der Waals surface area contributed by atoms with Crippen LogP contribution in [0.1, 0.15) is 31.6 Å². The van der Waals surface area contributed by atoms with Crippen molar-refractivity contribution in [2.75, 3.05) is 17.9 Å². The fraction of sp³-hybridized carbons (Fsp3) is 0.286. The molecule has 0 radical (unpaired) electrons. The molecule has 32 heavy (non-hydrogen) atoms. The minimum Gasteiger partial charge on any atom is -0.454 e. The van der Waals surface area contributed by atoms with Crippen molar-refractivity contribution >= 4 is 23.1 Å². The molecule has 164 valence electrons. The summed E-state index contributed by atoms with van der Waals surface area (Å²) in [6.07, 6.45) is 1.24. The third-order valence-electron chi connectivity index (χ3n) is 5.07. The van der Waals surface area contributed by atoms with Gasteiger partial charge in [-0.05, 0) is 12.5 Å². The Morgan fingerprint density at radius 1 is 1.22 bits per heavy atom. The molecule has 3 heterocycles. The summed E-state index contributed by atoms with van der Waals surface area (Å²) in [7, 11) is 0. The van der Waals surface area contributed by atoms with Gasteiger partial charge in [0.25, 0.3) is 4.92 Å². The van der Waals surface area contributed by atoms with E-state index in [0.717, 1.165) is 29.8 Å². The largest absolute Gasteiger partial charge is 0.454 e. The minimum absolute atomic E-state index is 0.0304. The summed E-state index contributed by atoms with van der Waals surface area (Å²) >= 11 is 1.51. The van der Waals surface area contributed by atoms with E-state index in [2.05, 4.69) is 27.4 Å². The first-order chi connectivity index (χ1) is 15.6. The summed E-state index contributed by atoms with van der Waals surface area (Å²) in [6.45, 7) is 2.15. The highest BCUT2D eigenvalue weighted by Crippen LogP contribution is 2.44. The number of fused-ring (bicyclic) bond motifs is 4. The first-order valence-corrected chi connectivity index (χ1v) is 11.1. The Morgan fingerprint density at radius 3 is 2.84 bits per heavy atom. The number of nitrogens with zero attached hydrogens (tertiary/aromatic N) is 4. The average molecular weight is 454 g/mol. The van der Waals surface area contributed by atoms with Crippen molar-refractivity contribution in [3.63, 3.8) is 0 Å². The molecule has 0 saturated heterocycles. The van der Waals surface area contributed by atoms with Crippen molar-refractivity contribution < 1.29 is 24.3 Å². The number of ether oxygens (including phenoxy) is 3. The summed E-state index contributed by atoms with van der Waals surface area (Å²) in [5.41, 5.74) is 2.29. The monoisotopic (exact) mass is 454 g/mol. The SMILES string of the molecule is CCCCSc1nnc2c(n1)OC(c1cc3c(cc1[N+](=O)O)OCO3)Nc1ccccc1-2. The van der Waals surface area contributed by atoms with Gasteiger partial charge in [0.15, 0.2) is 17.2 Å². The molecule has 2 aliphatic heterocycles. The molecule has 2 N–H and O–H groups in total. The van der Waals surface area contributed by atoms with Gasteiger partial charge in [0.2, 0.25) is 24.1 Å². The Labute approximate surface area is 187 Å². The number of hydrogen-bond donors (Lipinski definition) is 2. The van der Waals surface area contributed by atoms with Gasteiger partial charge in [0.05, 0.1) is 16.5 Å². The smallest absolute Gasteiger partial charge is 0.329 e. The Kier molecular flexibility index (Phi) is 5.39. The third kappa shape index (κ3) is 3.75. The highest BCUT2D eigenvalue weighted by atomic mass is 32.2. The number of para-hydroxylation sites is 1. The zero-order chi connectivity index (χ0) is 22.1. The van der Waals surface area contributed by atoms with Gasteiger partial charge in [0.1, 0.15) is 0 Å². The number of aromatic nitrogens is 3. The molecule has 5 rings (SSSR count). The summed E-state index contributed by atoms with van der Waals surface area (Å²) in [6, 6.07) is 10.5. The maximum atomic E-state index is 11.9. The van der Waals surface area contributed by atoms with E-state index in [0.29, 0.717) is 27.9 Å². The Bertz CT molecular complexity index is 1190. The number of hydrogen-bond acceptors (Lipinski definition) is 9. The molecule has 3 aromatic rings. The quantitative estimate of drug-likeness (QED) is 0.314. The van der Waals surface area contributed by atoms with Crippen LogP contribution in [-0.2, 0) is 0 Å². The Hall–Kier alpha value is -3.60. The lowest BCUT2D eigenvalue weighted by Gasteiger charge is -2.19. The van der Waals surface area contributed by atoms with Crippen LogP contribution < -0.4 is 19.5 Å². The molecular formula is C21H20N5O5S+. The van der Waals surface area contributed by atoms with Crippen molar-refractivity contribution in [1.82, 2.24) is 15.2 Å². The lowest BCUT2D eigenvalue weighted by atomic mass is 10.1. The number of unbranched alkanes of at least 4 members (excludes halogenated alkanes) is 1. The van der Waals surface area contributed by atoms with Crippen LogP contribution in [0.4, 0.5) is 11.4 Å². The maximum Gasteiger partial charge on any atom is 0.329 e. The molecule has 11 heteroatoms. The molecule has 1 atom stereocenters. The van der Waals surface area contributed by atoms with Gasteiger partial charge in [-0.3, -0.25) is 0 Å². The van der Waals surface area contributed by atoms with E-state index in [9.17, 15) is 10.1 Å². The third-order valence-corrected chi connectivity index (χ3v) is 6.00. The van der Waals surface area contributed by atoms with Crippen molar-refractivity contribution in [3.8, 4) is 28.6 Å². The standard InChI is InChI=1S/C21H20N5O5S/c1-2-3-8-32-21-23-20-18(24-25-21)12-6-4-5-7-14(12)22-19(31-20)13-9-16-17(30-11-29-16)10-15(13)26(27)28/h4-7,9-10,19,22H,2-3,8,11H2,1H3,(H,27,28)/q+1. The highest BCUT2D eigenvalue weighted by molar-refractivity contribution is 7.99. The van der Waals surface area contributed by atoms with Crippen LogP contribution in [0.5, 0.6) is 17.4 Å². The van der Waals surface area contributed by atoms with Gasteiger partial charge in [-0.25, -0.2) is 5.21 Å². The molecule has 2 aliphatic rings. The zero-order valence-corrected chi connectivity index (χ0v) is 18.0. The molecule has 0 fully saturated rings. The highest BCUT2D eigenvalue weighted by Gasteiger charge is 2.35. The van der Waals surface area contributed by atoms with Crippen molar-refractivity contribution in [2.24, 2.45) is 0 Å². The van der Waals surface area contributed by atoms with E-state index in [4.69, 9.17) is 14.2 Å². The van der Waals surface area contributed by atoms with E-state index in [1.807, 2.05) is 24.3 Å². The average Bonchev–Trinajstić information content (AvgIpc) is 3.19. The molecule has 0 amide bonds. The second kappa shape index (κ2) is 8.50. The molecule has 0 spiro atoms. The van der Waals surface area contributed by atoms with E-state index >= 15 is 0 Å². The number of nitrogens with one attached hydrogen (secondary N) is 1. The van der Waals surface area contributed by atoms with Gasteiger partial charge in [-0.15, -0.1) is 10.2 Å². The Morgan fingerprint density at radius 2 is 2.03 bits per heavy atom.